The molecular weight excluding hydrogens is 396 g/mol. The molecule has 1 saturated carbocycles. The van der Waals surface area contributed by atoms with Gasteiger partial charge in [-0.3, -0.25) is 19.1 Å². The molecule has 8 nitrogen and oxygen atoms in total. The fourth-order valence-electron chi connectivity index (χ4n) is 3.30. The van der Waals surface area contributed by atoms with Crippen molar-refractivity contribution >= 4 is 34.2 Å². The van der Waals surface area contributed by atoms with Crippen molar-refractivity contribution in [2.75, 3.05) is 12.4 Å². The molecule has 29 heavy (non-hydrogen) atoms. The highest BCUT2D eigenvalue weighted by atomic mass is 35.5. The van der Waals surface area contributed by atoms with Crippen LogP contribution in [0.4, 0.5) is 5.69 Å². The van der Waals surface area contributed by atoms with Crippen LogP contribution >= 0.6 is 11.6 Å². The van der Waals surface area contributed by atoms with Crippen molar-refractivity contribution in [3.8, 4) is 5.75 Å². The van der Waals surface area contributed by atoms with Crippen LogP contribution in [0.25, 0.3) is 11.0 Å². The number of hydrogen-bond acceptors (Lipinski definition) is 5. The van der Waals surface area contributed by atoms with Gasteiger partial charge in [-0.1, -0.05) is 11.6 Å². The summed E-state index contributed by atoms with van der Waals surface area (Å²) in [6, 6.07) is 6.50. The zero-order valence-corrected chi connectivity index (χ0v) is 16.7. The molecule has 9 heteroatoms. The minimum Gasteiger partial charge on any atom is -0.495 e. The predicted molar refractivity (Wildman–Crippen MR) is 110 cm³/mol. The fourth-order valence-corrected chi connectivity index (χ4v) is 3.55. The van der Waals surface area contributed by atoms with E-state index >= 15 is 0 Å². The topological polar surface area (TPSA) is 106 Å². The van der Waals surface area contributed by atoms with E-state index in [0.29, 0.717) is 28.7 Å². The van der Waals surface area contributed by atoms with Crippen molar-refractivity contribution in [1.82, 2.24) is 14.5 Å². The monoisotopic (exact) mass is 414 g/mol. The van der Waals surface area contributed by atoms with Crippen LogP contribution in [0.1, 0.15) is 41.7 Å². The number of fused-ring (bicyclic) bond motifs is 1. The van der Waals surface area contributed by atoms with Gasteiger partial charge in [0.15, 0.2) is 5.65 Å². The molecule has 0 radical (unpaired) electrons. The average molecular weight is 415 g/mol. The smallest absolute Gasteiger partial charge is 0.329 e. The third-order valence-corrected chi connectivity index (χ3v) is 5.23. The number of hydrogen-bond donors (Lipinski definition) is 2. The van der Waals surface area contributed by atoms with Gasteiger partial charge in [0.05, 0.1) is 23.1 Å². The SMILES string of the molecule is CCn1c(=O)[nH]c(=O)c2c(C(=O)Nc3ccc(OC)c(Cl)c3)cc(C3CC3)nc21. The second-order valence-electron chi connectivity index (χ2n) is 6.87. The number of aromatic amines is 1. The molecular formula is C20H19ClN4O4. The van der Waals surface area contributed by atoms with Gasteiger partial charge in [-0.2, -0.15) is 0 Å². The second kappa shape index (κ2) is 7.36. The standard InChI is InChI=1S/C20H19ClN4O4/c1-3-25-17-16(19(27)24-20(25)28)12(9-14(23-17)10-4-5-10)18(26)22-11-6-7-15(29-2)13(21)8-11/h6-10H,3-5H2,1-2H3,(H,22,26)(H,24,27,28). The highest BCUT2D eigenvalue weighted by Gasteiger charge is 2.28. The number of nitrogens with one attached hydrogen (secondary N) is 2. The number of ether oxygens (including phenoxy) is 1. The molecule has 1 fully saturated rings. The van der Waals surface area contributed by atoms with Crippen molar-refractivity contribution in [2.24, 2.45) is 0 Å². The molecule has 0 saturated heterocycles. The first-order chi connectivity index (χ1) is 13.9. The number of carbonyl (C=O) groups is 1. The van der Waals surface area contributed by atoms with Crippen LogP contribution in [0, 0.1) is 0 Å². The average Bonchev–Trinajstić information content (AvgIpc) is 3.52. The molecule has 1 aliphatic rings. The van der Waals surface area contributed by atoms with E-state index in [4.69, 9.17) is 16.3 Å². The third kappa shape index (κ3) is 3.51. The third-order valence-electron chi connectivity index (χ3n) is 4.93. The summed E-state index contributed by atoms with van der Waals surface area (Å²) in [5.74, 6) is 0.242. The molecule has 150 valence electrons. The Bertz CT molecular complexity index is 1240. The summed E-state index contributed by atoms with van der Waals surface area (Å²) in [4.78, 5) is 44.6. The lowest BCUT2D eigenvalue weighted by Crippen LogP contribution is -2.32. The van der Waals surface area contributed by atoms with E-state index in [2.05, 4.69) is 15.3 Å². The molecule has 0 spiro atoms. The molecule has 4 rings (SSSR count). The van der Waals surface area contributed by atoms with Crippen LogP contribution < -0.4 is 21.3 Å². The van der Waals surface area contributed by atoms with Gasteiger partial charge in [-0.25, -0.2) is 9.78 Å². The summed E-state index contributed by atoms with van der Waals surface area (Å²) in [5.41, 5.74) is 0.388. The van der Waals surface area contributed by atoms with Crippen molar-refractivity contribution < 1.29 is 9.53 Å². The number of benzene rings is 1. The Balaban J connectivity index is 1.85. The highest BCUT2D eigenvalue weighted by molar-refractivity contribution is 6.32. The highest BCUT2D eigenvalue weighted by Crippen LogP contribution is 2.40. The Morgan fingerprint density at radius 1 is 1.34 bits per heavy atom. The molecule has 2 N–H and O–H groups in total. The maximum Gasteiger partial charge on any atom is 0.329 e. The van der Waals surface area contributed by atoms with Crippen molar-refractivity contribution in [3.63, 3.8) is 0 Å². The lowest BCUT2D eigenvalue weighted by atomic mass is 10.1. The molecule has 2 aromatic heterocycles. The number of amides is 1. The molecule has 1 amide bonds. The van der Waals surface area contributed by atoms with E-state index in [1.54, 1.807) is 31.2 Å². The van der Waals surface area contributed by atoms with Crippen LogP contribution in [-0.4, -0.2) is 27.6 Å². The molecule has 0 bridgehead atoms. The van der Waals surface area contributed by atoms with Crippen LogP contribution in [0.3, 0.4) is 0 Å². The number of pyridine rings is 1. The van der Waals surface area contributed by atoms with E-state index in [1.807, 2.05) is 0 Å². The Morgan fingerprint density at radius 2 is 2.10 bits per heavy atom. The van der Waals surface area contributed by atoms with Gasteiger partial charge < -0.3 is 10.1 Å². The van der Waals surface area contributed by atoms with Gasteiger partial charge in [0.2, 0.25) is 0 Å². The summed E-state index contributed by atoms with van der Waals surface area (Å²) in [5, 5.41) is 3.20. The number of nitrogens with zero attached hydrogens (tertiary/aromatic N) is 2. The lowest BCUT2D eigenvalue weighted by Gasteiger charge is -2.13. The van der Waals surface area contributed by atoms with Gasteiger partial charge >= 0.3 is 5.69 Å². The minimum atomic E-state index is -0.637. The van der Waals surface area contributed by atoms with E-state index in [1.165, 1.54) is 11.7 Å². The number of methoxy groups -OCH3 is 1. The fraction of sp³-hybridized carbons (Fsp3) is 0.300. The molecule has 0 atom stereocenters. The number of aromatic nitrogens is 3. The van der Waals surface area contributed by atoms with Crippen molar-refractivity contribution in [1.29, 1.82) is 0 Å². The molecule has 0 aliphatic heterocycles. The van der Waals surface area contributed by atoms with Crippen molar-refractivity contribution in [3.05, 3.63) is 61.4 Å². The normalized spacial score (nSPS) is 13.5. The Morgan fingerprint density at radius 3 is 2.72 bits per heavy atom. The molecule has 3 aromatic rings. The minimum absolute atomic E-state index is 0.0907. The summed E-state index contributed by atoms with van der Waals surface area (Å²) in [7, 11) is 1.50. The molecule has 0 unspecified atom stereocenters. The molecule has 2 heterocycles. The zero-order valence-electron chi connectivity index (χ0n) is 15.9. The number of rotatable bonds is 5. The summed E-state index contributed by atoms with van der Waals surface area (Å²) in [6.45, 7) is 2.10. The first kappa shape index (κ1) is 19.2. The maximum absolute atomic E-state index is 13.1. The van der Waals surface area contributed by atoms with Gasteiger partial charge in [-0.15, -0.1) is 0 Å². The van der Waals surface area contributed by atoms with Gasteiger partial charge in [-0.05, 0) is 44.0 Å². The largest absolute Gasteiger partial charge is 0.495 e. The second-order valence-corrected chi connectivity index (χ2v) is 7.28. The van der Waals surface area contributed by atoms with Gasteiger partial charge in [0, 0.05) is 23.8 Å². The quantitative estimate of drug-likeness (QED) is 0.667. The van der Waals surface area contributed by atoms with E-state index in [0.717, 1.165) is 12.8 Å². The summed E-state index contributed by atoms with van der Waals surface area (Å²) in [6.07, 6.45) is 1.93. The Kier molecular flexibility index (Phi) is 4.87. The van der Waals surface area contributed by atoms with Crippen LogP contribution in [0.15, 0.2) is 33.9 Å². The molecule has 1 aliphatic carbocycles. The number of aryl methyl sites for hydroxylation is 1. The Labute approximate surface area is 170 Å². The van der Waals surface area contributed by atoms with Crippen LogP contribution in [0.2, 0.25) is 5.02 Å². The predicted octanol–water partition coefficient (Wildman–Crippen LogP) is 2.90. The summed E-state index contributed by atoms with van der Waals surface area (Å²) >= 11 is 6.13. The first-order valence-electron chi connectivity index (χ1n) is 9.25. The number of carbonyl (C=O) groups excluding carboxylic acids is 1. The van der Waals surface area contributed by atoms with Crippen LogP contribution in [-0.2, 0) is 6.54 Å². The Hall–Kier alpha value is -3.13. The maximum atomic E-state index is 13.1. The van der Waals surface area contributed by atoms with Gasteiger partial charge in [0.1, 0.15) is 5.75 Å². The lowest BCUT2D eigenvalue weighted by molar-refractivity contribution is 0.102. The molecule has 1 aromatic carbocycles. The number of anilines is 1. The van der Waals surface area contributed by atoms with E-state index < -0.39 is 17.2 Å². The zero-order chi connectivity index (χ0) is 20.7. The van der Waals surface area contributed by atoms with E-state index in [-0.39, 0.29) is 22.5 Å². The number of halogens is 1. The van der Waals surface area contributed by atoms with Crippen molar-refractivity contribution in [2.45, 2.75) is 32.2 Å². The van der Waals surface area contributed by atoms with Crippen LogP contribution in [0.5, 0.6) is 5.75 Å². The summed E-state index contributed by atoms with van der Waals surface area (Å²) < 4.78 is 6.48. The first-order valence-corrected chi connectivity index (χ1v) is 9.63. The van der Waals surface area contributed by atoms with Gasteiger partial charge in [0.25, 0.3) is 11.5 Å². The number of H-pyrrole nitrogens is 1. The van der Waals surface area contributed by atoms with E-state index in [9.17, 15) is 14.4 Å².